The fourth-order valence-electron chi connectivity index (χ4n) is 4.00. The number of carbonyl (C=O) groups excluding carboxylic acids is 1. The zero-order valence-electron chi connectivity index (χ0n) is 20.1. The Morgan fingerprint density at radius 1 is 1.06 bits per heavy atom. The number of carbonyl (C=O) groups is 1. The Kier molecular flexibility index (Phi) is 7.78. The van der Waals surface area contributed by atoms with Crippen LogP contribution in [0.15, 0.2) is 41.3 Å². The molecule has 1 N–H and O–H groups in total. The summed E-state index contributed by atoms with van der Waals surface area (Å²) in [5, 5.41) is 3.69. The Morgan fingerprint density at radius 3 is 2.43 bits per heavy atom. The summed E-state index contributed by atoms with van der Waals surface area (Å²) in [5.74, 6) is 0.278. The number of fused-ring (bicyclic) bond motifs is 1. The second-order valence-corrected chi connectivity index (χ2v) is 11.4. The van der Waals surface area contributed by atoms with Crippen LogP contribution in [-0.2, 0) is 14.6 Å². The molecule has 0 unspecified atom stereocenters. The number of ether oxygens (including phenoxy) is 2. The van der Waals surface area contributed by atoms with E-state index in [1.54, 1.807) is 37.7 Å². The van der Waals surface area contributed by atoms with Crippen molar-refractivity contribution in [2.75, 3.05) is 64.1 Å². The van der Waals surface area contributed by atoms with E-state index in [4.69, 9.17) is 14.5 Å². The molecule has 0 radical (unpaired) electrons. The molecule has 1 aliphatic heterocycles. The average molecular weight is 519 g/mol. The SMILES string of the molecule is COc1ccc2sc(N3CCN(CCNC(=O)CS(=O)(=O)c4ccc(C)cc4)CC3)nc2c1OC. The topological polar surface area (TPSA) is 101 Å². The van der Waals surface area contributed by atoms with Crippen LogP contribution in [0.5, 0.6) is 11.5 Å². The molecule has 1 amide bonds. The van der Waals surface area contributed by atoms with Crippen LogP contribution in [0, 0.1) is 6.92 Å². The summed E-state index contributed by atoms with van der Waals surface area (Å²) in [6, 6.07) is 10.4. The van der Waals surface area contributed by atoms with E-state index in [0.29, 0.717) is 24.6 Å². The lowest BCUT2D eigenvalue weighted by Gasteiger charge is -2.34. The first kappa shape index (κ1) is 25.2. The molecule has 2 aromatic carbocycles. The maximum Gasteiger partial charge on any atom is 0.235 e. The molecular formula is C24H30N4O5S2. The zero-order valence-corrected chi connectivity index (χ0v) is 21.7. The standard InChI is InChI=1S/C24H30N4O5S2/c1-17-4-6-18(7-5-17)35(30,31)16-21(29)25-10-11-27-12-14-28(15-13-27)24-26-22-20(34-24)9-8-19(32-2)23(22)33-3/h4-9H,10-16H2,1-3H3,(H,25,29). The number of piperazine rings is 1. The molecule has 188 valence electrons. The number of rotatable bonds is 9. The first-order valence-electron chi connectivity index (χ1n) is 11.4. The zero-order chi connectivity index (χ0) is 25.0. The van der Waals surface area contributed by atoms with Crippen LogP contribution in [-0.4, -0.2) is 83.4 Å². The monoisotopic (exact) mass is 518 g/mol. The molecule has 3 aromatic rings. The van der Waals surface area contributed by atoms with Gasteiger partial charge in [-0.25, -0.2) is 13.4 Å². The first-order chi connectivity index (χ1) is 16.8. The molecule has 35 heavy (non-hydrogen) atoms. The number of hydrogen-bond donors (Lipinski definition) is 1. The van der Waals surface area contributed by atoms with Crippen molar-refractivity contribution in [2.45, 2.75) is 11.8 Å². The van der Waals surface area contributed by atoms with E-state index >= 15 is 0 Å². The van der Waals surface area contributed by atoms with Crippen LogP contribution < -0.4 is 19.7 Å². The lowest BCUT2D eigenvalue weighted by molar-refractivity contribution is -0.118. The number of thiazole rings is 1. The number of benzene rings is 2. The highest BCUT2D eigenvalue weighted by molar-refractivity contribution is 7.92. The third-order valence-corrected chi connectivity index (χ3v) is 8.70. The van der Waals surface area contributed by atoms with Gasteiger partial charge in [-0.1, -0.05) is 29.0 Å². The fraction of sp³-hybridized carbons (Fsp3) is 0.417. The van der Waals surface area contributed by atoms with E-state index in [9.17, 15) is 13.2 Å². The summed E-state index contributed by atoms with van der Waals surface area (Å²) in [7, 11) is -0.416. The van der Waals surface area contributed by atoms with Crippen molar-refractivity contribution in [3.8, 4) is 11.5 Å². The van der Waals surface area contributed by atoms with Gasteiger partial charge in [0.15, 0.2) is 26.5 Å². The van der Waals surface area contributed by atoms with Gasteiger partial charge in [0.05, 0.1) is 23.8 Å². The molecule has 0 atom stereocenters. The van der Waals surface area contributed by atoms with Crippen molar-refractivity contribution in [1.82, 2.24) is 15.2 Å². The number of amides is 1. The molecule has 2 heterocycles. The highest BCUT2D eigenvalue weighted by Crippen LogP contribution is 2.40. The smallest absolute Gasteiger partial charge is 0.235 e. The van der Waals surface area contributed by atoms with Crippen LogP contribution in [0.3, 0.4) is 0 Å². The molecule has 11 heteroatoms. The van der Waals surface area contributed by atoms with Crippen molar-refractivity contribution in [3.05, 3.63) is 42.0 Å². The van der Waals surface area contributed by atoms with Crippen molar-refractivity contribution in [3.63, 3.8) is 0 Å². The number of aromatic nitrogens is 1. The Labute approximate surface area is 209 Å². The number of nitrogens with zero attached hydrogens (tertiary/aromatic N) is 3. The lowest BCUT2D eigenvalue weighted by atomic mass is 10.2. The molecule has 0 saturated carbocycles. The van der Waals surface area contributed by atoms with E-state index < -0.39 is 21.5 Å². The Morgan fingerprint density at radius 2 is 1.77 bits per heavy atom. The summed E-state index contributed by atoms with van der Waals surface area (Å²) in [6.45, 7) is 6.23. The molecule has 0 bridgehead atoms. The highest BCUT2D eigenvalue weighted by Gasteiger charge is 2.23. The molecule has 1 aliphatic rings. The van der Waals surface area contributed by atoms with E-state index in [1.165, 1.54) is 12.1 Å². The number of nitrogens with one attached hydrogen (secondary N) is 1. The number of hydrogen-bond acceptors (Lipinski definition) is 9. The number of methoxy groups -OCH3 is 2. The first-order valence-corrected chi connectivity index (χ1v) is 13.8. The minimum Gasteiger partial charge on any atom is -0.493 e. The Hall–Kier alpha value is -2.89. The molecule has 1 aromatic heterocycles. The van der Waals surface area contributed by atoms with Crippen LogP contribution in [0.25, 0.3) is 10.2 Å². The van der Waals surface area contributed by atoms with Crippen LogP contribution in [0.4, 0.5) is 5.13 Å². The molecule has 0 spiro atoms. The van der Waals surface area contributed by atoms with E-state index in [0.717, 1.165) is 47.1 Å². The van der Waals surface area contributed by atoms with Crippen LogP contribution in [0.2, 0.25) is 0 Å². The number of sulfone groups is 1. The molecule has 1 saturated heterocycles. The van der Waals surface area contributed by atoms with Gasteiger partial charge < -0.3 is 19.7 Å². The lowest BCUT2D eigenvalue weighted by Crippen LogP contribution is -2.48. The van der Waals surface area contributed by atoms with Crippen LogP contribution in [0.1, 0.15) is 5.56 Å². The molecule has 4 rings (SSSR count). The van der Waals surface area contributed by atoms with Crippen LogP contribution >= 0.6 is 11.3 Å². The summed E-state index contributed by atoms with van der Waals surface area (Å²) in [6.07, 6.45) is 0. The maximum absolute atomic E-state index is 12.4. The van der Waals surface area contributed by atoms with E-state index in [1.807, 2.05) is 19.1 Å². The van der Waals surface area contributed by atoms with Crippen molar-refractivity contribution in [1.29, 1.82) is 0 Å². The molecule has 0 aliphatic carbocycles. The second-order valence-electron chi connectivity index (χ2n) is 8.40. The van der Waals surface area contributed by atoms with Gasteiger partial charge in [-0.2, -0.15) is 0 Å². The maximum atomic E-state index is 12.4. The number of aryl methyl sites for hydroxylation is 1. The van der Waals surface area contributed by atoms with Gasteiger partial charge in [0.25, 0.3) is 0 Å². The van der Waals surface area contributed by atoms with Gasteiger partial charge in [-0.3, -0.25) is 9.69 Å². The van der Waals surface area contributed by atoms with Gasteiger partial charge in [0.2, 0.25) is 5.91 Å². The van der Waals surface area contributed by atoms with Gasteiger partial charge in [-0.15, -0.1) is 0 Å². The predicted molar refractivity (Wildman–Crippen MR) is 138 cm³/mol. The number of anilines is 1. The van der Waals surface area contributed by atoms with E-state index in [2.05, 4.69) is 15.1 Å². The van der Waals surface area contributed by atoms with Crippen molar-refractivity contribution in [2.24, 2.45) is 0 Å². The normalized spacial score (nSPS) is 14.8. The Bertz CT molecular complexity index is 1280. The molecule has 1 fully saturated rings. The second kappa shape index (κ2) is 10.8. The summed E-state index contributed by atoms with van der Waals surface area (Å²) >= 11 is 1.63. The van der Waals surface area contributed by atoms with Gasteiger partial charge in [-0.05, 0) is 31.2 Å². The van der Waals surface area contributed by atoms with E-state index in [-0.39, 0.29) is 4.90 Å². The minimum atomic E-state index is -3.65. The van der Waals surface area contributed by atoms with Gasteiger partial charge >= 0.3 is 0 Å². The minimum absolute atomic E-state index is 0.167. The average Bonchev–Trinajstić information content (AvgIpc) is 3.28. The third-order valence-electron chi connectivity index (χ3n) is 5.99. The highest BCUT2D eigenvalue weighted by atomic mass is 32.2. The van der Waals surface area contributed by atoms with Crippen molar-refractivity contribution >= 4 is 42.4 Å². The Balaban J connectivity index is 1.25. The van der Waals surface area contributed by atoms with Gasteiger partial charge in [0, 0.05) is 39.3 Å². The predicted octanol–water partition coefficient (Wildman–Crippen LogP) is 2.33. The largest absolute Gasteiger partial charge is 0.493 e. The van der Waals surface area contributed by atoms with Gasteiger partial charge in [0.1, 0.15) is 11.3 Å². The fourth-order valence-corrected chi connectivity index (χ4v) is 6.18. The summed E-state index contributed by atoms with van der Waals surface area (Å²) in [4.78, 5) is 21.7. The molecule has 9 nitrogen and oxygen atoms in total. The molecular weight excluding hydrogens is 488 g/mol. The quantitative estimate of drug-likeness (QED) is 0.461. The summed E-state index contributed by atoms with van der Waals surface area (Å²) < 4.78 is 36.8. The summed E-state index contributed by atoms with van der Waals surface area (Å²) in [5.41, 5.74) is 1.77. The third kappa shape index (κ3) is 5.85. The van der Waals surface area contributed by atoms with Crippen molar-refractivity contribution < 1.29 is 22.7 Å².